The van der Waals surface area contributed by atoms with Gasteiger partial charge in [0.05, 0.1) is 6.54 Å². The van der Waals surface area contributed by atoms with Crippen molar-refractivity contribution in [2.24, 2.45) is 5.92 Å². The molecule has 0 radical (unpaired) electrons. The highest BCUT2D eigenvalue weighted by molar-refractivity contribution is 5.78. The quantitative estimate of drug-likeness (QED) is 0.844. The van der Waals surface area contributed by atoms with Crippen molar-refractivity contribution in [1.82, 2.24) is 15.1 Å². The first-order valence-corrected chi connectivity index (χ1v) is 8.58. The van der Waals surface area contributed by atoms with Crippen molar-refractivity contribution in [3.63, 3.8) is 0 Å². The van der Waals surface area contributed by atoms with Gasteiger partial charge in [-0.05, 0) is 59.7 Å². The molecule has 0 spiro atoms. The summed E-state index contributed by atoms with van der Waals surface area (Å²) in [5.74, 6) is 0.850. The lowest BCUT2D eigenvalue weighted by Crippen LogP contribution is -2.46. The Morgan fingerprint density at radius 1 is 1.24 bits per heavy atom. The lowest BCUT2D eigenvalue weighted by Gasteiger charge is -2.35. The maximum atomic E-state index is 12.2. The topological polar surface area (TPSA) is 35.6 Å². The van der Waals surface area contributed by atoms with Gasteiger partial charge >= 0.3 is 0 Å². The van der Waals surface area contributed by atoms with Crippen LogP contribution < -0.4 is 5.32 Å². The molecule has 1 N–H and O–H groups in total. The number of carbonyl (C=O) groups is 1. The third-order valence-electron chi connectivity index (χ3n) is 5.71. The van der Waals surface area contributed by atoms with Crippen molar-refractivity contribution in [2.45, 2.75) is 64.0 Å². The van der Waals surface area contributed by atoms with Crippen LogP contribution in [0.1, 0.15) is 52.4 Å². The van der Waals surface area contributed by atoms with E-state index < -0.39 is 0 Å². The van der Waals surface area contributed by atoms with E-state index in [1.807, 2.05) is 0 Å². The summed E-state index contributed by atoms with van der Waals surface area (Å²) >= 11 is 0. The molecule has 0 bridgehead atoms. The highest BCUT2D eigenvalue weighted by Gasteiger charge is 2.39. The van der Waals surface area contributed by atoms with Gasteiger partial charge in [-0.1, -0.05) is 19.3 Å². The van der Waals surface area contributed by atoms with Crippen LogP contribution in [0.25, 0.3) is 0 Å². The fourth-order valence-electron chi connectivity index (χ4n) is 3.82. The number of amides is 1. The number of likely N-dealkylation sites (N-methyl/N-ethyl adjacent to an activating group) is 1. The van der Waals surface area contributed by atoms with Gasteiger partial charge in [-0.15, -0.1) is 0 Å². The van der Waals surface area contributed by atoms with Crippen LogP contribution in [0.3, 0.4) is 0 Å². The molecule has 4 nitrogen and oxygen atoms in total. The molecule has 2 fully saturated rings. The average molecular weight is 295 g/mol. The summed E-state index contributed by atoms with van der Waals surface area (Å²) in [7, 11) is 4.28. The molecule has 1 saturated carbocycles. The van der Waals surface area contributed by atoms with Gasteiger partial charge in [0.25, 0.3) is 0 Å². The van der Waals surface area contributed by atoms with Crippen LogP contribution in [-0.4, -0.2) is 61.0 Å². The number of carbonyl (C=O) groups excluding carboxylic acids is 1. The standard InChI is InChI=1S/C17H33N3O/c1-17(2)14(10-11-20(17)4)12-19(3)13-16(21)18-15-8-6-5-7-9-15/h14-15H,5-13H2,1-4H3,(H,18,21)/t14-/m0/s1. The van der Waals surface area contributed by atoms with Crippen molar-refractivity contribution >= 4 is 5.91 Å². The van der Waals surface area contributed by atoms with Gasteiger partial charge in [-0.3, -0.25) is 9.69 Å². The Kier molecular flexibility index (Phi) is 5.67. The lowest BCUT2D eigenvalue weighted by molar-refractivity contribution is -0.123. The van der Waals surface area contributed by atoms with Crippen LogP contribution in [0.2, 0.25) is 0 Å². The Morgan fingerprint density at radius 2 is 1.90 bits per heavy atom. The van der Waals surface area contributed by atoms with Crippen molar-refractivity contribution in [3.05, 3.63) is 0 Å². The van der Waals surface area contributed by atoms with Gasteiger partial charge < -0.3 is 10.2 Å². The van der Waals surface area contributed by atoms with Gasteiger partial charge in [0.1, 0.15) is 0 Å². The third kappa shape index (κ3) is 4.43. The Labute approximate surface area is 130 Å². The van der Waals surface area contributed by atoms with E-state index in [1.54, 1.807) is 0 Å². The molecule has 0 aromatic heterocycles. The summed E-state index contributed by atoms with van der Waals surface area (Å²) in [5.41, 5.74) is 0.244. The Morgan fingerprint density at radius 3 is 2.48 bits per heavy atom. The predicted molar refractivity (Wildman–Crippen MR) is 87.3 cm³/mol. The lowest BCUT2D eigenvalue weighted by atomic mass is 9.88. The van der Waals surface area contributed by atoms with Crippen LogP contribution in [0, 0.1) is 5.92 Å². The molecular weight excluding hydrogens is 262 g/mol. The molecule has 122 valence electrons. The SMILES string of the molecule is CN(CC(=O)NC1CCCCC1)C[C@@H]1CCN(C)C1(C)C. The van der Waals surface area contributed by atoms with Crippen LogP contribution in [0.4, 0.5) is 0 Å². The highest BCUT2D eigenvalue weighted by Crippen LogP contribution is 2.33. The number of likely N-dealkylation sites (tertiary alicyclic amines) is 1. The largest absolute Gasteiger partial charge is 0.352 e. The number of nitrogens with zero attached hydrogens (tertiary/aromatic N) is 2. The molecular formula is C17H33N3O. The van der Waals surface area contributed by atoms with Gasteiger partial charge in [0, 0.05) is 18.1 Å². The van der Waals surface area contributed by atoms with Crippen molar-refractivity contribution in [3.8, 4) is 0 Å². The average Bonchev–Trinajstić information content (AvgIpc) is 2.66. The van der Waals surface area contributed by atoms with Crippen LogP contribution in [0.15, 0.2) is 0 Å². The Bertz CT molecular complexity index is 350. The molecule has 4 heteroatoms. The first-order chi connectivity index (χ1) is 9.89. The van der Waals surface area contributed by atoms with Gasteiger partial charge in [0.15, 0.2) is 0 Å². The van der Waals surface area contributed by atoms with Gasteiger partial charge in [0.2, 0.25) is 5.91 Å². The predicted octanol–water partition coefficient (Wildman–Crippen LogP) is 2.10. The van der Waals surface area contributed by atoms with Crippen molar-refractivity contribution in [1.29, 1.82) is 0 Å². The molecule has 1 atom stereocenters. The van der Waals surface area contributed by atoms with Crippen molar-refractivity contribution in [2.75, 3.05) is 33.7 Å². The van der Waals surface area contributed by atoms with Crippen molar-refractivity contribution < 1.29 is 4.79 Å². The molecule has 1 amide bonds. The second kappa shape index (κ2) is 7.10. The second-order valence-electron chi connectivity index (χ2n) is 7.66. The summed E-state index contributed by atoms with van der Waals surface area (Å²) in [6.45, 7) is 7.35. The smallest absolute Gasteiger partial charge is 0.234 e. The molecule has 0 unspecified atom stereocenters. The zero-order valence-corrected chi connectivity index (χ0v) is 14.3. The summed E-state index contributed by atoms with van der Waals surface area (Å²) in [4.78, 5) is 16.8. The first kappa shape index (κ1) is 16.8. The zero-order valence-electron chi connectivity index (χ0n) is 14.3. The zero-order chi connectivity index (χ0) is 15.5. The number of rotatable bonds is 5. The molecule has 0 aromatic carbocycles. The van der Waals surface area contributed by atoms with Crippen LogP contribution in [0.5, 0.6) is 0 Å². The molecule has 1 aliphatic carbocycles. The fraction of sp³-hybridized carbons (Fsp3) is 0.941. The van der Waals surface area contributed by atoms with E-state index in [0.717, 1.165) is 19.4 Å². The van der Waals surface area contributed by atoms with E-state index >= 15 is 0 Å². The maximum absolute atomic E-state index is 12.2. The molecule has 2 aliphatic rings. The summed E-state index contributed by atoms with van der Waals surface area (Å²) in [6, 6.07) is 0.425. The summed E-state index contributed by atoms with van der Waals surface area (Å²) in [5, 5.41) is 3.21. The van der Waals surface area contributed by atoms with E-state index in [0.29, 0.717) is 18.5 Å². The minimum Gasteiger partial charge on any atom is -0.352 e. The monoisotopic (exact) mass is 295 g/mol. The number of hydrogen-bond donors (Lipinski definition) is 1. The van der Waals surface area contributed by atoms with E-state index in [4.69, 9.17) is 0 Å². The third-order valence-corrected chi connectivity index (χ3v) is 5.71. The number of hydrogen-bond acceptors (Lipinski definition) is 3. The molecule has 1 saturated heterocycles. The second-order valence-corrected chi connectivity index (χ2v) is 7.66. The van der Waals surface area contributed by atoms with Crippen LogP contribution in [-0.2, 0) is 4.79 Å². The maximum Gasteiger partial charge on any atom is 0.234 e. The highest BCUT2D eigenvalue weighted by atomic mass is 16.2. The van der Waals surface area contributed by atoms with E-state index in [2.05, 4.69) is 43.1 Å². The molecule has 21 heavy (non-hydrogen) atoms. The molecule has 1 aliphatic heterocycles. The normalized spacial score (nSPS) is 27.2. The van der Waals surface area contributed by atoms with Gasteiger partial charge in [-0.25, -0.2) is 0 Å². The van der Waals surface area contributed by atoms with E-state index in [9.17, 15) is 4.79 Å². The molecule has 1 heterocycles. The Hall–Kier alpha value is -0.610. The van der Waals surface area contributed by atoms with E-state index in [1.165, 1.54) is 32.2 Å². The molecule has 0 aromatic rings. The Balaban J connectivity index is 1.73. The number of nitrogens with one attached hydrogen (secondary N) is 1. The van der Waals surface area contributed by atoms with Crippen LogP contribution >= 0.6 is 0 Å². The first-order valence-electron chi connectivity index (χ1n) is 8.58. The minimum atomic E-state index is 0.202. The minimum absolute atomic E-state index is 0.202. The summed E-state index contributed by atoms with van der Waals surface area (Å²) < 4.78 is 0. The fourth-order valence-corrected chi connectivity index (χ4v) is 3.82. The summed E-state index contributed by atoms with van der Waals surface area (Å²) in [6.07, 6.45) is 7.42. The molecule has 2 rings (SSSR count). The van der Waals surface area contributed by atoms with Gasteiger partial charge in [-0.2, -0.15) is 0 Å². The van der Waals surface area contributed by atoms with E-state index in [-0.39, 0.29) is 11.4 Å².